The van der Waals surface area contributed by atoms with Gasteiger partial charge in [-0.05, 0) is 36.8 Å². The normalized spacial score (nSPS) is 13.8. The lowest BCUT2D eigenvalue weighted by molar-refractivity contribution is 0.122. The second-order valence-electron chi connectivity index (χ2n) is 7.58. The highest BCUT2D eigenvalue weighted by Crippen LogP contribution is 2.25. The first-order chi connectivity index (χ1) is 16.2. The first-order valence-electron chi connectivity index (χ1n) is 10.9. The maximum absolute atomic E-state index is 13.0. The highest BCUT2D eigenvalue weighted by atomic mass is 19.1. The second kappa shape index (κ2) is 11.3. The van der Waals surface area contributed by atoms with E-state index in [2.05, 4.69) is 26.5 Å². The van der Waals surface area contributed by atoms with Crippen molar-refractivity contribution in [2.75, 3.05) is 49.8 Å². The van der Waals surface area contributed by atoms with Gasteiger partial charge in [-0.15, -0.1) is 0 Å². The molecule has 2 aromatic carbocycles. The molecule has 3 aromatic rings. The van der Waals surface area contributed by atoms with Crippen LogP contribution < -0.4 is 19.8 Å². The van der Waals surface area contributed by atoms with E-state index in [0.717, 1.165) is 24.3 Å². The van der Waals surface area contributed by atoms with Crippen molar-refractivity contribution in [3.05, 3.63) is 77.6 Å². The molecule has 1 aromatic heterocycles. The number of nitrogens with one attached hydrogen (secondary N) is 1. The predicted molar refractivity (Wildman–Crippen MR) is 127 cm³/mol. The molecule has 4 rings (SSSR count). The van der Waals surface area contributed by atoms with Gasteiger partial charge in [-0.2, -0.15) is 10.1 Å². The smallest absolute Gasteiger partial charge is 0.217 e. The lowest BCUT2D eigenvalue weighted by Crippen LogP contribution is -2.36. The van der Waals surface area contributed by atoms with E-state index in [-0.39, 0.29) is 5.82 Å². The molecule has 8 heteroatoms. The Kier molecular flexibility index (Phi) is 7.71. The number of hydrazone groups is 1. The topological polar surface area (TPSA) is 68.2 Å². The highest BCUT2D eigenvalue weighted by molar-refractivity contribution is 5.80. The number of ether oxygens (including phenoxy) is 3. The molecule has 1 aliphatic rings. The van der Waals surface area contributed by atoms with Crippen molar-refractivity contribution < 1.29 is 18.6 Å². The molecule has 0 bridgehead atoms. The Morgan fingerprint density at radius 3 is 2.64 bits per heavy atom. The van der Waals surface area contributed by atoms with Crippen LogP contribution in [0.25, 0.3) is 0 Å². The number of aromatic nitrogens is 1. The Labute approximate surface area is 192 Å². The molecule has 7 nitrogen and oxygen atoms in total. The van der Waals surface area contributed by atoms with E-state index in [9.17, 15) is 4.39 Å². The van der Waals surface area contributed by atoms with E-state index >= 15 is 0 Å². The zero-order valence-corrected chi connectivity index (χ0v) is 18.5. The summed E-state index contributed by atoms with van der Waals surface area (Å²) in [7, 11) is 0. The van der Waals surface area contributed by atoms with Gasteiger partial charge in [0, 0.05) is 30.9 Å². The van der Waals surface area contributed by atoms with Crippen LogP contribution in [-0.4, -0.2) is 50.7 Å². The van der Waals surface area contributed by atoms with Crippen molar-refractivity contribution in [3.63, 3.8) is 0 Å². The van der Waals surface area contributed by atoms with Gasteiger partial charge < -0.3 is 19.1 Å². The minimum atomic E-state index is -0.298. The molecule has 1 N–H and O–H groups in total. The summed E-state index contributed by atoms with van der Waals surface area (Å²) in [6, 6.07) is 17.8. The molecule has 0 saturated carbocycles. The van der Waals surface area contributed by atoms with Gasteiger partial charge in [-0.1, -0.05) is 29.8 Å². The van der Waals surface area contributed by atoms with Crippen LogP contribution in [0.2, 0.25) is 0 Å². The summed E-state index contributed by atoms with van der Waals surface area (Å²) in [6.45, 7) is 5.59. The molecule has 0 atom stereocenters. The van der Waals surface area contributed by atoms with Crippen LogP contribution in [-0.2, 0) is 4.74 Å². The van der Waals surface area contributed by atoms with Gasteiger partial charge in [0.2, 0.25) is 5.88 Å². The average molecular weight is 451 g/mol. The molecule has 33 heavy (non-hydrogen) atoms. The molecule has 0 unspecified atom stereocenters. The van der Waals surface area contributed by atoms with Crippen molar-refractivity contribution in [2.24, 2.45) is 5.10 Å². The SMILES string of the molecule is Cc1cccc(/C=N/Nc2cc(N3CCOCC3)cc(OCCOc3ccc(F)cc3)n2)c1. The third-order valence-corrected chi connectivity index (χ3v) is 5.01. The number of anilines is 2. The standard InChI is InChI=1S/C25H27FN4O3/c1-19-3-2-4-20(15-19)18-27-29-24-16-22(30-9-11-31-12-10-30)17-25(28-24)33-14-13-32-23-7-5-21(26)6-8-23/h2-8,15-18H,9-14H2,1H3,(H,28,29)/b27-18+. The fourth-order valence-electron chi connectivity index (χ4n) is 3.39. The van der Waals surface area contributed by atoms with E-state index in [1.165, 1.54) is 17.7 Å². The molecule has 1 fully saturated rings. The Bertz CT molecular complexity index is 1070. The lowest BCUT2D eigenvalue weighted by Gasteiger charge is -2.29. The summed E-state index contributed by atoms with van der Waals surface area (Å²) < 4.78 is 29.9. The maximum Gasteiger partial charge on any atom is 0.217 e. The van der Waals surface area contributed by atoms with Crippen molar-refractivity contribution in [1.29, 1.82) is 0 Å². The molecule has 172 valence electrons. The van der Waals surface area contributed by atoms with Gasteiger partial charge in [0.05, 0.1) is 19.4 Å². The van der Waals surface area contributed by atoms with Crippen molar-refractivity contribution in [1.82, 2.24) is 4.98 Å². The lowest BCUT2D eigenvalue weighted by atomic mass is 10.2. The van der Waals surface area contributed by atoms with Gasteiger partial charge in [0.1, 0.15) is 24.8 Å². The van der Waals surface area contributed by atoms with Crippen LogP contribution in [0.3, 0.4) is 0 Å². The molecular weight excluding hydrogens is 423 g/mol. The van der Waals surface area contributed by atoms with Crippen LogP contribution in [0.4, 0.5) is 15.9 Å². The van der Waals surface area contributed by atoms with Gasteiger partial charge >= 0.3 is 0 Å². The predicted octanol–water partition coefficient (Wildman–Crippen LogP) is 4.27. The Hall–Kier alpha value is -3.65. The first kappa shape index (κ1) is 22.5. The Morgan fingerprint density at radius 1 is 1.06 bits per heavy atom. The number of nitrogens with zero attached hydrogens (tertiary/aromatic N) is 3. The van der Waals surface area contributed by atoms with Crippen molar-refractivity contribution in [3.8, 4) is 11.6 Å². The first-order valence-corrected chi connectivity index (χ1v) is 10.9. The van der Waals surface area contributed by atoms with E-state index in [4.69, 9.17) is 14.2 Å². The number of aryl methyl sites for hydroxylation is 1. The summed E-state index contributed by atoms with van der Waals surface area (Å²) in [4.78, 5) is 6.75. The fourth-order valence-corrected chi connectivity index (χ4v) is 3.39. The number of rotatable bonds is 9. The fraction of sp³-hybridized carbons (Fsp3) is 0.280. The van der Waals surface area contributed by atoms with Gasteiger partial charge in [-0.3, -0.25) is 5.43 Å². The molecule has 0 radical (unpaired) electrons. The maximum atomic E-state index is 13.0. The zero-order valence-electron chi connectivity index (χ0n) is 18.5. The average Bonchev–Trinajstić information content (AvgIpc) is 2.83. The zero-order chi connectivity index (χ0) is 22.9. The van der Waals surface area contributed by atoms with Crippen molar-refractivity contribution >= 4 is 17.7 Å². The second-order valence-corrected chi connectivity index (χ2v) is 7.58. The summed E-state index contributed by atoms with van der Waals surface area (Å²) >= 11 is 0. The molecule has 1 saturated heterocycles. The Balaban J connectivity index is 1.41. The van der Waals surface area contributed by atoms with E-state index in [1.807, 2.05) is 37.3 Å². The monoisotopic (exact) mass is 450 g/mol. The number of hydrogen-bond donors (Lipinski definition) is 1. The summed E-state index contributed by atoms with van der Waals surface area (Å²) in [5, 5.41) is 4.33. The van der Waals surface area contributed by atoms with E-state index in [1.54, 1.807) is 18.3 Å². The molecular formula is C25H27FN4O3. The third-order valence-electron chi connectivity index (χ3n) is 5.01. The largest absolute Gasteiger partial charge is 0.490 e. The molecule has 0 aliphatic carbocycles. The van der Waals surface area contributed by atoms with Gasteiger partial charge in [-0.25, -0.2) is 4.39 Å². The molecule has 0 amide bonds. The van der Waals surface area contributed by atoms with Gasteiger partial charge in [0.15, 0.2) is 5.82 Å². The van der Waals surface area contributed by atoms with Crippen LogP contribution in [0.15, 0.2) is 65.8 Å². The number of morpholine rings is 1. The number of halogens is 1. The number of hydrogen-bond acceptors (Lipinski definition) is 7. The minimum Gasteiger partial charge on any atom is -0.490 e. The van der Waals surface area contributed by atoms with Crippen LogP contribution in [0, 0.1) is 12.7 Å². The summed E-state index contributed by atoms with van der Waals surface area (Å²) in [5.41, 5.74) is 6.16. The molecule has 2 heterocycles. The molecule has 1 aliphatic heterocycles. The highest BCUT2D eigenvalue weighted by Gasteiger charge is 2.14. The summed E-state index contributed by atoms with van der Waals surface area (Å²) in [6.07, 6.45) is 1.76. The third kappa shape index (κ3) is 6.92. The van der Waals surface area contributed by atoms with Crippen LogP contribution in [0.1, 0.15) is 11.1 Å². The van der Waals surface area contributed by atoms with Crippen molar-refractivity contribution in [2.45, 2.75) is 6.92 Å². The van der Waals surface area contributed by atoms with E-state index in [0.29, 0.717) is 43.9 Å². The Morgan fingerprint density at radius 2 is 1.85 bits per heavy atom. The van der Waals surface area contributed by atoms with Gasteiger partial charge in [0.25, 0.3) is 0 Å². The quantitative estimate of drug-likeness (QED) is 0.298. The molecule has 0 spiro atoms. The van der Waals surface area contributed by atoms with E-state index < -0.39 is 0 Å². The number of benzene rings is 2. The van der Waals surface area contributed by atoms with Crippen LogP contribution >= 0.6 is 0 Å². The number of pyridine rings is 1. The summed E-state index contributed by atoms with van der Waals surface area (Å²) in [5.74, 6) is 1.34. The minimum absolute atomic E-state index is 0.295. The van der Waals surface area contributed by atoms with Crippen LogP contribution in [0.5, 0.6) is 11.6 Å².